The highest BCUT2D eigenvalue weighted by molar-refractivity contribution is 7.14. The van der Waals surface area contributed by atoms with Crippen molar-refractivity contribution in [1.82, 2.24) is 4.98 Å². The van der Waals surface area contributed by atoms with E-state index in [0.29, 0.717) is 5.13 Å². The fraction of sp³-hybridized carbons (Fsp3) is 0.0714. The summed E-state index contributed by atoms with van der Waals surface area (Å²) >= 11 is 2.83. The first kappa shape index (κ1) is 15.1. The van der Waals surface area contributed by atoms with Gasteiger partial charge in [0.1, 0.15) is 0 Å². The molecule has 0 saturated heterocycles. The zero-order valence-electron chi connectivity index (χ0n) is 11.1. The van der Waals surface area contributed by atoms with E-state index in [2.05, 4.69) is 10.3 Å². The molecule has 0 radical (unpaired) electrons. The van der Waals surface area contributed by atoms with Gasteiger partial charge in [-0.3, -0.25) is 4.79 Å². The Labute approximate surface area is 129 Å². The molecule has 2 aromatic heterocycles. The molecule has 108 valence electrons. The molecule has 2 heterocycles. The molecular formula is C14H12N2O3S2. The predicted octanol–water partition coefficient (Wildman–Crippen LogP) is 3.43. The number of carboxylic acid groups (broad SMARTS) is 1. The molecule has 0 fully saturated rings. The third-order valence-corrected chi connectivity index (χ3v) is 3.97. The number of carboxylic acids is 1. The lowest BCUT2D eigenvalue weighted by Crippen LogP contribution is -2.04. The molecule has 2 aromatic rings. The number of aromatic nitrogens is 1. The first-order chi connectivity index (χ1) is 10.0. The van der Waals surface area contributed by atoms with Crippen LogP contribution in [0.2, 0.25) is 0 Å². The molecule has 0 aromatic carbocycles. The van der Waals surface area contributed by atoms with Gasteiger partial charge in [0.2, 0.25) is 5.91 Å². The maximum Gasteiger partial charge on any atom is 0.328 e. The molecular weight excluding hydrogens is 308 g/mol. The molecule has 21 heavy (non-hydrogen) atoms. The number of thiophene rings is 1. The summed E-state index contributed by atoms with van der Waals surface area (Å²) in [6.45, 7) is 1.44. The Morgan fingerprint density at radius 2 is 2.05 bits per heavy atom. The first-order valence-corrected chi connectivity index (χ1v) is 7.69. The van der Waals surface area contributed by atoms with E-state index in [9.17, 15) is 9.59 Å². The van der Waals surface area contributed by atoms with Crippen molar-refractivity contribution in [2.45, 2.75) is 6.92 Å². The van der Waals surface area contributed by atoms with E-state index in [4.69, 9.17) is 5.11 Å². The Kier molecular flexibility index (Phi) is 5.02. The average Bonchev–Trinajstić information content (AvgIpc) is 3.02. The fourth-order valence-electron chi connectivity index (χ4n) is 1.45. The van der Waals surface area contributed by atoms with E-state index >= 15 is 0 Å². The molecule has 0 aliphatic rings. The van der Waals surface area contributed by atoms with Crippen LogP contribution < -0.4 is 5.32 Å². The number of thiazole rings is 1. The summed E-state index contributed by atoms with van der Waals surface area (Å²) in [5, 5.41) is 15.5. The molecule has 0 bridgehead atoms. The number of nitrogens with one attached hydrogen (secondary N) is 1. The zero-order valence-corrected chi connectivity index (χ0v) is 12.7. The van der Waals surface area contributed by atoms with Gasteiger partial charge >= 0.3 is 5.97 Å². The van der Waals surface area contributed by atoms with Crippen LogP contribution in [0.3, 0.4) is 0 Å². The minimum absolute atomic E-state index is 0.146. The van der Waals surface area contributed by atoms with Gasteiger partial charge in [0, 0.05) is 23.3 Å². The lowest BCUT2D eigenvalue weighted by molar-refractivity contribution is -0.131. The summed E-state index contributed by atoms with van der Waals surface area (Å²) in [5.41, 5.74) is 1.73. The van der Waals surface area contributed by atoms with Crippen molar-refractivity contribution in [2.24, 2.45) is 0 Å². The number of hydrogen-bond donors (Lipinski definition) is 2. The fourth-order valence-corrected chi connectivity index (χ4v) is 2.94. The maximum atomic E-state index is 10.9. The Hall–Kier alpha value is -2.25. The Balaban J connectivity index is 2.02. The molecule has 2 rings (SSSR count). The molecule has 5 nitrogen and oxygen atoms in total. The standard InChI is InChI=1S/C14H12N2O3S2/c1-9(17)15-14-16-11(8-21-14)3-2-10-6-12(20-7-10)4-5-13(18)19/h2-8H,1H3,(H,18,19)(H,15,16,17)/b3-2?,5-4+. The average molecular weight is 320 g/mol. The number of carbonyl (C=O) groups excluding carboxylic acids is 1. The second-order valence-electron chi connectivity index (χ2n) is 4.05. The van der Waals surface area contributed by atoms with Gasteiger partial charge in [-0.05, 0) is 29.2 Å². The number of nitrogens with zero attached hydrogens (tertiary/aromatic N) is 1. The highest BCUT2D eigenvalue weighted by atomic mass is 32.1. The smallest absolute Gasteiger partial charge is 0.328 e. The number of aliphatic carboxylic acids is 1. The van der Waals surface area contributed by atoms with Crippen LogP contribution in [0.1, 0.15) is 23.1 Å². The minimum atomic E-state index is -0.964. The Bertz CT molecular complexity index is 713. The topological polar surface area (TPSA) is 79.3 Å². The number of amides is 1. The normalized spacial score (nSPS) is 11.3. The van der Waals surface area contributed by atoms with Gasteiger partial charge < -0.3 is 10.4 Å². The van der Waals surface area contributed by atoms with Gasteiger partial charge in [-0.2, -0.15) is 0 Å². The largest absolute Gasteiger partial charge is 0.478 e. The lowest BCUT2D eigenvalue weighted by Gasteiger charge is -1.92. The molecule has 0 spiro atoms. The molecule has 0 saturated carbocycles. The summed E-state index contributed by atoms with van der Waals surface area (Å²) in [4.78, 5) is 26.5. The highest BCUT2D eigenvalue weighted by Crippen LogP contribution is 2.20. The Morgan fingerprint density at radius 1 is 1.24 bits per heavy atom. The van der Waals surface area contributed by atoms with E-state index in [1.54, 1.807) is 6.08 Å². The summed E-state index contributed by atoms with van der Waals surface area (Å²) in [6, 6.07) is 1.89. The summed E-state index contributed by atoms with van der Waals surface area (Å²) in [6.07, 6.45) is 6.40. The van der Waals surface area contributed by atoms with Gasteiger partial charge in [-0.1, -0.05) is 6.08 Å². The Morgan fingerprint density at radius 3 is 2.76 bits per heavy atom. The SMILES string of the molecule is CC(=O)Nc1nc(C=Cc2csc(/C=C/C(=O)O)c2)cs1. The summed E-state index contributed by atoms with van der Waals surface area (Å²) < 4.78 is 0. The minimum Gasteiger partial charge on any atom is -0.478 e. The van der Waals surface area contributed by atoms with Gasteiger partial charge in [0.15, 0.2) is 5.13 Å². The predicted molar refractivity (Wildman–Crippen MR) is 86.3 cm³/mol. The van der Waals surface area contributed by atoms with E-state index < -0.39 is 5.97 Å². The molecule has 0 aliphatic heterocycles. The van der Waals surface area contributed by atoms with Gasteiger partial charge in [0.05, 0.1) is 5.69 Å². The van der Waals surface area contributed by atoms with E-state index in [-0.39, 0.29) is 5.91 Å². The maximum absolute atomic E-state index is 10.9. The second-order valence-corrected chi connectivity index (χ2v) is 5.85. The highest BCUT2D eigenvalue weighted by Gasteiger charge is 2.01. The van der Waals surface area contributed by atoms with Gasteiger partial charge in [-0.15, -0.1) is 22.7 Å². The van der Waals surface area contributed by atoms with Crippen molar-refractivity contribution in [1.29, 1.82) is 0 Å². The lowest BCUT2D eigenvalue weighted by atomic mass is 10.2. The van der Waals surface area contributed by atoms with Gasteiger partial charge in [-0.25, -0.2) is 9.78 Å². The van der Waals surface area contributed by atoms with Crippen LogP contribution in [-0.2, 0) is 9.59 Å². The van der Waals surface area contributed by atoms with E-state index in [1.165, 1.54) is 29.6 Å². The molecule has 0 aliphatic carbocycles. The molecule has 2 N–H and O–H groups in total. The van der Waals surface area contributed by atoms with Crippen molar-refractivity contribution >= 4 is 57.9 Å². The van der Waals surface area contributed by atoms with Crippen LogP contribution in [-0.4, -0.2) is 22.0 Å². The summed E-state index contributed by atoms with van der Waals surface area (Å²) in [7, 11) is 0. The third kappa shape index (κ3) is 4.97. The van der Waals surface area contributed by atoms with Crippen LogP contribution in [0, 0.1) is 0 Å². The monoisotopic (exact) mass is 320 g/mol. The van der Waals surface area contributed by atoms with Crippen molar-refractivity contribution < 1.29 is 14.7 Å². The molecule has 1 amide bonds. The quantitative estimate of drug-likeness (QED) is 0.827. The van der Waals surface area contributed by atoms with Crippen LogP contribution in [0.5, 0.6) is 0 Å². The number of hydrogen-bond acceptors (Lipinski definition) is 5. The van der Waals surface area contributed by atoms with Gasteiger partial charge in [0.25, 0.3) is 0 Å². The molecule has 7 heteroatoms. The zero-order chi connectivity index (χ0) is 15.2. The van der Waals surface area contributed by atoms with Crippen molar-refractivity contribution in [2.75, 3.05) is 5.32 Å². The number of anilines is 1. The second kappa shape index (κ2) is 6.96. The summed E-state index contributed by atoms with van der Waals surface area (Å²) in [5.74, 6) is -1.11. The first-order valence-electron chi connectivity index (χ1n) is 5.93. The van der Waals surface area contributed by atoms with Crippen molar-refractivity contribution in [3.8, 4) is 0 Å². The molecule has 0 unspecified atom stereocenters. The van der Waals surface area contributed by atoms with Crippen LogP contribution in [0.15, 0.2) is 22.9 Å². The third-order valence-electron chi connectivity index (χ3n) is 2.28. The van der Waals surface area contributed by atoms with Crippen LogP contribution >= 0.6 is 22.7 Å². The number of carbonyl (C=O) groups is 2. The van der Waals surface area contributed by atoms with E-state index in [0.717, 1.165) is 22.2 Å². The van der Waals surface area contributed by atoms with E-state index in [1.807, 2.05) is 29.0 Å². The van der Waals surface area contributed by atoms with Crippen LogP contribution in [0.4, 0.5) is 5.13 Å². The van der Waals surface area contributed by atoms with Crippen LogP contribution in [0.25, 0.3) is 18.2 Å². The number of rotatable bonds is 5. The molecule has 0 atom stereocenters. The van der Waals surface area contributed by atoms with Crippen molar-refractivity contribution in [3.63, 3.8) is 0 Å². The van der Waals surface area contributed by atoms with Crippen molar-refractivity contribution in [3.05, 3.63) is 39.0 Å².